The minimum absolute atomic E-state index is 0.00183. The van der Waals surface area contributed by atoms with Crippen LogP contribution >= 0.6 is 0 Å². The van der Waals surface area contributed by atoms with Crippen LogP contribution in [0.2, 0.25) is 0 Å². The van der Waals surface area contributed by atoms with E-state index in [9.17, 15) is 4.79 Å². The van der Waals surface area contributed by atoms with E-state index in [0.29, 0.717) is 0 Å². The van der Waals surface area contributed by atoms with Gasteiger partial charge in [-0.05, 0) is 12.1 Å². The zero-order chi connectivity index (χ0) is 17.3. The number of anilines is 1. The maximum absolute atomic E-state index is 11.7. The summed E-state index contributed by atoms with van der Waals surface area (Å²) in [7, 11) is 0. The summed E-state index contributed by atoms with van der Waals surface area (Å²) in [5.41, 5.74) is 0.823. The number of carbonyl (C=O) groups is 1. The number of amides is 1. The Morgan fingerprint density at radius 1 is 1.20 bits per heavy atom. The molecular formula is C19H22N4O2. The molecule has 3 heterocycles. The SMILES string of the molecule is CC(=O)N[C@@H]1CC2(CCN(c3ncccn3)CC2)Oc2ccccc21. The number of nitrogens with one attached hydrogen (secondary N) is 1. The Hall–Kier alpha value is -2.63. The van der Waals surface area contributed by atoms with Crippen LogP contribution in [0.5, 0.6) is 5.75 Å². The van der Waals surface area contributed by atoms with Gasteiger partial charge >= 0.3 is 0 Å². The molecule has 0 radical (unpaired) electrons. The fraction of sp³-hybridized carbons (Fsp3) is 0.421. The number of para-hydroxylation sites is 1. The van der Waals surface area contributed by atoms with Crippen molar-refractivity contribution in [3.05, 3.63) is 48.3 Å². The van der Waals surface area contributed by atoms with Crippen LogP contribution in [0, 0.1) is 0 Å². The third-order valence-electron chi connectivity index (χ3n) is 5.08. The normalized spacial score (nSPS) is 21.3. The second kappa shape index (κ2) is 6.35. The van der Waals surface area contributed by atoms with Gasteiger partial charge in [0.2, 0.25) is 11.9 Å². The molecule has 1 N–H and O–H groups in total. The number of rotatable bonds is 2. The number of aromatic nitrogens is 2. The van der Waals surface area contributed by atoms with Gasteiger partial charge in [-0.15, -0.1) is 0 Å². The van der Waals surface area contributed by atoms with Crippen molar-refractivity contribution in [3.63, 3.8) is 0 Å². The number of nitrogens with zero attached hydrogens (tertiary/aromatic N) is 3. The largest absolute Gasteiger partial charge is 0.487 e. The van der Waals surface area contributed by atoms with Crippen molar-refractivity contribution in [2.75, 3.05) is 18.0 Å². The van der Waals surface area contributed by atoms with E-state index in [2.05, 4.69) is 20.2 Å². The van der Waals surface area contributed by atoms with Crippen LogP contribution in [0.25, 0.3) is 0 Å². The lowest BCUT2D eigenvalue weighted by Crippen LogP contribution is -2.52. The first-order valence-electron chi connectivity index (χ1n) is 8.72. The molecule has 1 atom stereocenters. The lowest BCUT2D eigenvalue weighted by Gasteiger charge is -2.46. The zero-order valence-corrected chi connectivity index (χ0v) is 14.3. The first-order valence-corrected chi connectivity index (χ1v) is 8.72. The van der Waals surface area contributed by atoms with Crippen molar-refractivity contribution >= 4 is 11.9 Å². The summed E-state index contributed by atoms with van der Waals surface area (Å²) >= 11 is 0. The van der Waals surface area contributed by atoms with Gasteiger partial charge in [-0.3, -0.25) is 4.79 Å². The highest BCUT2D eigenvalue weighted by Crippen LogP contribution is 2.44. The van der Waals surface area contributed by atoms with Crippen molar-refractivity contribution in [1.29, 1.82) is 0 Å². The summed E-state index contributed by atoms with van der Waals surface area (Å²) in [6, 6.07) is 9.84. The minimum atomic E-state index is -0.243. The predicted octanol–water partition coefficient (Wildman–Crippen LogP) is 2.48. The van der Waals surface area contributed by atoms with Gasteiger partial charge in [-0.25, -0.2) is 9.97 Å². The lowest BCUT2D eigenvalue weighted by atomic mass is 9.80. The van der Waals surface area contributed by atoms with E-state index >= 15 is 0 Å². The molecular weight excluding hydrogens is 316 g/mol. The van der Waals surface area contributed by atoms with Gasteiger partial charge in [0, 0.05) is 57.2 Å². The van der Waals surface area contributed by atoms with Gasteiger partial charge in [-0.2, -0.15) is 0 Å². The lowest BCUT2D eigenvalue weighted by molar-refractivity contribution is -0.120. The van der Waals surface area contributed by atoms with Crippen molar-refractivity contribution in [2.45, 2.75) is 37.8 Å². The zero-order valence-electron chi connectivity index (χ0n) is 14.3. The summed E-state index contributed by atoms with van der Waals surface area (Å²) < 4.78 is 6.44. The van der Waals surface area contributed by atoms with Gasteiger partial charge in [0.05, 0.1) is 6.04 Å². The van der Waals surface area contributed by atoms with Crippen LogP contribution in [-0.4, -0.2) is 34.6 Å². The molecule has 6 heteroatoms. The summed E-state index contributed by atoms with van der Waals surface area (Å²) in [4.78, 5) is 22.5. The number of hydrogen-bond acceptors (Lipinski definition) is 5. The topological polar surface area (TPSA) is 67.4 Å². The number of benzene rings is 1. The molecule has 1 fully saturated rings. The van der Waals surface area contributed by atoms with Crippen molar-refractivity contribution in [3.8, 4) is 5.75 Å². The van der Waals surface area contributed by atoms with Gasteiger partial charge in [0.1, 0.15) is 11.4 Å². The second-order valence-electron chi connectivity index (χ2n) is 6.82. The molecule has 1 amide bonds. The maximum atomic E-state index is 11.7. The Bertz CT molecular complexity index is 757. The van der Waals surface area contributed by atoms with E-state index in [1.165, 1.54) is 0 Å². The summed E-state index contributed by atoms with van der Waals surface area (Å²) in [5, 5.41) is 3.10. The quantitative estimate of drug-likeness (QED) is 0.911. The Kier molecular flexibility index (Phi) is 4.03. The van der Waals surface area contributed by atoms with Crippen LogP contribution in [0.3, 0.4) is 0 Å². The summed E-state index contributed by atoms with van der Waals surface area (Å²) in [6.45, 7) is 3.26. The van der Waals surface area contributed by atoms with E-state index in [1.54, 1.807) is 19.3 Å². The van der Waals surface area contributed by atoms with E-state index in [4.69, 9.17) is 4.74 Å². The summed E-state index contributed by atoms with van der Waals surface area (Å²) in [6.07, 6.45) is 6.11. The Balaban J connectivity index is 1.54. The maximum Gasteiger partial charge on any atom is 0.225 e. The fourth-order valence-corrected chi connectivity index (χ4v) is 3.87. The van der Waals surface area contributed by atoms with Gasteiger partial charge in [0.15, 0.2) is 0 Å². The molecule has 1 spiro atoms. The van der Waals surface area contributed by atoms with Crippen LogP contribution in [0.4, 0.5) is 5.95 Å². The number of hydrogen-bond donors (Lipinski definition) is 1. The van der Waals surface area contributed by atoms with E-state index in [-0.39, 0.29) is 17.6 Å². The van der Waals surface area contributed by atoms with Crippen LogP contribution in [0.15, 0.2) is 42.7 Å². The van der Waals surface area contributed by atoms with Gasteiger partial charge < -0.3 is 15.0 Å². The molecule has 6 nitrogen and oxygen atoms in total. The van der Waals surface area contributed by atoms with E-state index in [1.807, 2.05) is 30.3 Å². The molecule has 1 saturated heterocycles. The molecule has 130 valence electrons. The molecule has 0 aliphatic carbocycles. The third kappa shape index (κ3) is 3.16. The number of piperidine rings is 1. The van der Waals surface area contributed by atoms with Gasteiger partial charge in [0.25, 0.3) is 0 Å². The second-order valence-corrected chi connectivity index (χ2v) is 6.82. The fourth-order valence-electron chi connectivity index (χ4n) is 3.87. The molecule has 0 unspecified atom stereocenters. The molecule has 0 bridgehead atoms. The first kappa shape index (κ1) is 15.9. The molecule has 1 aromatic carbocycles. The monoisotopic (exact) mass is 338 g/mol. The third-order valence-corrected chi connectivity index (χ3v) is 5.08. The number of ether oxygens (including phenoxy) is 1. The number of carbonyl (C=O) groups excluding carboxylic acids is 1. The molecule has 4 rings (SSSR count). The predicted molar refractivity (Wildman–Crippen MR) is 94.5 cm³/mol. The number of fused-ring (bicyclic) bond motifs is 1. The standard InChI is InChI=1S/C19H22N4O2/c1-14(24)22-16-13-19(25-17-6-3-2-5-15(16)17)7-11-23(12-8-19)18-20-9-4-10-21-18/h2-6,9-10,16H,7-8,11-13H2,1H3,(H,22,24)/t16-/m1/s1. The van der Waals surface area contributed by atoms with E-state index < -0.39 is 0 Å². The van der Waals surface area contributed by atoms with Crippen LogP contribution in [0.1, 0.15) is 37.8 Å². The summed E-state index contributed by atoms with van der Waals surface area (Å²) in [5.74, 6) is 1.65. The van der Waals surface area contributed by atoms with Crippen LogP contribution < -0.4 is 15.0 Å². The Morgan fingerprint density at radius 3 is 2.64 bits per heavy atom. The molecule has 25 heavy (non-hydrogen) atoms. The Morgan fingerprint density at radius 2 is 1.92 bits per heavy atom. The smallest absolute Gasteiger partial charge is 0.225 e. The minimum Gasteiger partial charge on any atom is -0.487 e. The van der Waals surface area contributed by atoms with Crippen LogP contribution in [-0.2, 0) is 4.79 Å². The highest BCUT2D eigenvalue weighted by Gasteiger charge is 2.43. The Labute approximate surface area is 147 Å². The highest BCUT2D eigenvalue weighted by molar-refractivity contribution is 5.73. The molecule has 0 saturated carbocycles. The van der Waals surface area contributed by atoms with Crippen molar-refractivity contribution in [1.82, 2.24) is 15.3 Å². The molecule has 2 aromatic rings. The van der Waals surface area contributed by atoms with Gasteiger partial charge in [-0.1, -0.05) is 18.2 Å². The highest BCUT2D eigenvalue weighted by atomic mass is 16.5. The van der Waals surface area contributed by atoms with Crippen molar-refractivity contribution < 1.29 is 9.53 Å². The molecule has 1 aromatic heterocycles. The average Bonchev–Trinajstić information content (AvgIpc) is 2.63. The van der Waals surface area contributed by atoms with Crippen molar-refractivity contribution in [2.24, 2.45) is 0 Å². The van der Waals surface area contributed by atoms with E-state index in [0.717, 1.165) is 49.6 Å². The molecule has 2 aliphatic heterocycles. The average molecular weight is 338 g/mol. The first-order chi connectivity index (χ1) is 12.2. The molecule has 2 aliphatic rings.